The Kier molecular flexibility index (Phi) is 3.77. The maximum atomic E-state index is 11.9. The first-order valence-corrected chi connectivity index (χ1v) is 7.98. The van der Waals surface area contributed by atoms with E-state index in [1.54, 1.807) is 4.31 Å². The number of ether oxygens (including phenoxy) is 1. The molecule has 1 unspecified atom stereocenters. The van der Waals surface area contributed by atoms with Gasteiger partial charge in [0, 0.05) is 25.7 Å². The predicted octanol–water partition coefficient (Wildman–Crippen LogP) is 0.308. The Bertz CT molecular complexity index is 361. The van der Waals surface area contributed by atoms with Gasteiger partial charge in [0.25, 0.3) is 0 Å². The van der Waals surface area contributed by atoms with Crippen molar-refractivity contribution in [1.82, 2.24) is 4.31 Å². The highest BCUT2D eigenvalue weighted by molar-refractivity contribution is 7.89. The van der Waals surface area contributed by atoms with Crippen molar-refractivity contribution in [2.75, 3.05) is 25.4 Å². The highest BCUT2D eigenvalue weighted by atomic mass is 32.2. The van der Waals surface area contributed by atoms with Crippen molar-refractivity contribution in [1.29, 1.82) is 0 Å². The van der Waals surface area contributed by atoms with Crippen LogP contribution in [0.1, 0.15) is 32.6 Å². The van der Waals surface area contributed by atoms with Gasteiger partial charge >= 0.3 is 0 Å². The van der Waals surface area contributed by atoms with Gasteiger partial charge in [0.1, 0.15) is 0 Å². The molecule has 2 heterocycles. The fourth-order valence-electron chi connectivity index (χ4n) is 2.80. The lowest BCUT2D eigenvalue weighted by Gasteiger charge is -2.40. The van der Waals surface area contributed by atoms with Gasteiger partial charge in [-0.1, -0.05) is 6.92 Å². The van der Waals surface area contributed by atoms with E-state index < -0.39 is 10.0 Å². The monoisotopic (exact) mass is 262 g/mol. The van der Waals surface area contributed by atoms with E-state index in [1.165, 1.54) is 0 Å². The molecular weight excluding hydrogens is 240 g/mol. The molecule has 0 radical (unpaired) electrons. The smallest absolute Gasteiger partial charge is 0.214 e. The second-order valence-electron chi connectivity index (χ2n) is 5.02. The third-order valence-corrected chi connectivity index (χ3v) is 5.99. The van der Waals surface area contributed by atoms with Crippen LogP contribution < -0.4 is 5.73 Å². The van der Waals surface area contributed by atoms with Crippen molar-refractivity contribution in [2.45, 2.75) is 44.2 Å². The fourth-order valence-corrected chi connectivity index (χ4v) is 4.32. The molecule has 2 aliphatic rings. The van der Waals surface area contributed by atoms with Crippen LogP contribution in [0.4, 0.5) is 0 Å². The van der Waals surface area contributed by atoms with Crippen LogP contribution in [0.2, 0.25) is 0 Å². The first-order valence-electron chi connectivity index (χ1n) is 6.37. The summed E-state index contributed by atoms with van der Waals surface area (Å²) in [5.74, 6) is 0.243. The minimum absolute atomic E-state index is 0.0681. The summed E-state index contributed by atoms with van der Waals surface area (Å²) in [5, 5.41) is 0. The summed E-state index contributed by atoms with van der Waals surface area (Å²) in [6.45, 7) is 3.70. The number of nitrogens with two attached hydrogens (primary N) is 1. The van der Waals surface area contributed by atoms with E-state index >= 15 is 0 Å². The normalized spacial score (nSPS) is 29.9. The maximum Gasteiger partial charge on any atom is 0.214 e. The molecule has 0 aromatic carbocycles. The molecule has 0 aromatic heterocycles. The summed E-state index contributed by atoms with van der Waals surface area (Å²) in [4.78, 5) is 0. The van der Waals surface area contributed by atoms with Gasteiger partial charge in [0.05, 0.1) is 11.4 Å². The Balaban J connectivity index is 1.99. The Labute approximate surface area is 103 Å². The number of nitrogens with zero attached hydrogens (tertiary/aromatic N) is 1. The molecule has 0 bridgehead atoms. The van der Waals surface area contributed by atoms with Gasteiger partial charge in [-0.25, -0.2) is 12.7 Å². The van der Waals surface area contributed by atoms with Crippen LogP contribution in [0.5, 0.6) is 0 Å². The number of hydrogen-bond acceptors (Lipinski definition) is 4. The molecule has 6 heteroatoms. The lowest BCUT2D eigenvalue weighted by atomic mass is 9.86. The second-order valence-corrected chi connectivity index (χ2v) is 7.11. The van der Waals surface area contributed by atoms with E-state index in [0.717, 1.165) is 19.3 Å². The van der Waals surface area contributed by atoms with E-state index in [1.807, 2.05) is 6.92 Å². The maximum absolute atomic E-state index is 11.9. The Morgan fingerprint density at radius 3 is 2.53 bits per heavy atom. The zero-order chi connectivity index (χ0) is 12.5. The lowest BCUT2D eigenvalue weighted by Crippen LogP contribution is -2.54. The van der Waals surface area contributed by atoms with Crippen molar-refractivity contribution in [3.63, 3.8) is 0 Å². The molecule has 17 heavy (non-hydrogen) atoms. The summed E-state index contributed by atoms with van der Waals surface area (Å²) in [6, 6.07) is 0.0681. The number of hydrogen-bond donors (Lipinski definition) is 1. The van der Waals surface area contributed by atoms with Crippen LogP contribution in [-0.4, -0.2) is 49.8 Å². The van der Waals surface area contributed by atoms with Crippen LogP contribution in [-0.2, 0) is 14.8 Å². The Morgan fingerprint density at radius 1 is 1.41 bits per heavy atom. The Morgan fingerprint density at radius 2 is 2.06 bits per heavy atom. The summed E-state index contributed by atoms with van der Waals surface area (Å²) >= 11 is 0. The molecular formula is C11H22N2O3S. The van der Waals surface area contributed by atoms with Crippen molar-refractivity contribution < 1.29 is 13.2 Å². The molecule has 2 fully saturated rings. The number of rotatable bonds is 3. The molecule has 100 valence electrons. The van der Waals surface area contributed by atoms with Crippen LogP contribution >= 0.6 is 0 Å². The van der Waals surface area contributed by atoms with Crippen LogP contribution in [0, 0.1) is 0 Å². The standard InChI is InChI=1S/C11H22N2O3S/c1-2-9-17(14,15)13-6-4-11(5-7-13)10(12)3-8-16-11/h10H,2-9,12H2,1H3. The summed E-state index contributed by atoms with van der Waals surface area (Å²) in [6.07, 6.45) is 3.02. The fraction of sp³-hybridized carbons (Fsp3) is 1.00. The topological polar surface area (TPSA) is 72.6 Å². The minimum atomic E-state index is -3.06. The summed E-state index contributed by atoms with van der Waals surface area (Å²) < 4.78 is 31.2. The van der Waals surface area contributed by atoms with E-state index in [-0.39, 0.29) is 17.4 Å². The molecule has 2 rings (SSSR count). The molecule has 5 nitrogen and oxygen atoms in total. The van der Waals surface area contributed by atoms with Gasteiger partial charge < -0.3 is 10.5 Å². The molecule has 0 amide bonds. The van der Waals surface area contributed by atoms with Crippen molar-refractivity contribution in [2.24, 2.45) is 5.73 Å². The van der Waals surface area contributed by atoms with Gasteiger partial charge in [-0.15, -0.1) is 0 Å². The van der Waals surface area contributed by atoms with Gasteiger partial charge in [-0.05, 0) is 25.7 Å². The van der Waals surface area contributed by atoms with Gasteiger partial charge in [-0.2, -0.15) is 0 Å². The van der Waals surface area contributed by atoms with Crippen LogP contribution in [0.15, 0.2) is 0 Å². The third-order valence-electron chi connectivity index (χ3n) is 3.92. The highest BCUT2D eigenvalue weighted by Crippen LogP contribution is 2.35. The molecule has 1 atom stereocenters. The summed E-state index contributed by atoms with van der Waals surface area (Å²) in [7, 11) is -3.06. The van der Waals surface area contributed by atoms with Gasteiger partial charge in [-0.3, -0.25) is 0 Å². The first-order chi connectivity index (χ1) is 8.00. The van der Waals surface area contributed by atoms with E-state index in [4.69, 9.17) is 10.5 Å². The average Bonchev–Trinajstić information content (AvgIpc) is 2.61. The van der Waals surface area contributed by atoms with Crippen molar-refractivity contribution in [3.05, 3.63) is 0 Å². The molecule has 2 N–H and O–H groups in total. The third kappa shape index (κ3) is 2.50. The van der Waals surface area contributed by atoms with E-state index in [2.05, 4.69) is 0 Å². The minimum Gasteiger partial charge on any atom is -0.373 e. The van der Waals surface area contributed by atoms with Crippen LogP contribution in [0.25, 0.3) is 0 Å². The highest BCUT2D eigenvalue weighted by Gasteiger charge is 2.45. The lowest BCUT2D eigenvalue weighted by molar-refractivity contribution is -0.0389. The van der Waals surface area contributed by atoms with E-state index in [9.17, 15) is 8.42 Å². The number of piperidine rings is 1. The number of sulfonamides is 1. The zero-order valence-electron chi connectivity index (χ0n) is 10.4. The van der Waals surface area contributed by atoms with Gasteiger partial charge in [0.15, 0.2) is 0 Å². The molecule has 2 saturated heterocycles. The predicted molar refractivity (Wildman–Crippen MR) is 66.2 cm³/mol. The second kappa shape index (κ2) is 4.84. The quantitative estimate of drug-likeness (QED) is 0.794. The molecule has 0 aromatic rings. The zero-order valence-corrected chi connectivity index (χ0v) is 11.2. The molecule has 0 saturated carbocycles. The SMILES string of the molecule is CCCS(=O)(=O)N1CCC2(CC1)OCCC2N. The first kappa shape index (κ1) is 13.3. The van der Waals surface area contributed by atoms with Crippen molar-refractivity contribution in [3.8, 4) is 0 Å². The summed E-state index contributed by atoms with van der Waals surface area (Å²) in [5.41, 5.74) is 5.81. The van der Waals surface area contributed by atoms with Gasteiger partial charge in [0.2, 0.25) is 10.0 Å². The van der Waals surface area contributed by atoms with Crippen molar-refractivity contribution >= 4 is 10.0 Å². The van der Waals surface area contributed by atoms with Crippen LogP contribution in [0.3, 0.4) is 0 Å². The molecule has 0 aliphatic carbocycles. The average molecular weight is 262 g/mol. The Hall–Kier alpha value is -0.170. The molecule has 1 spiro atoms. The molecule has 2 aliphatic heterocycles. The van der Waals surface area contributed by atoms with E-state index in [0.29, 0.717) is 26.1 Å². The largest absolute Gasteiger partial charge is 0.373 e.